The summed E-state index contributed by atoms with van der Waals surface area (Å²) in [7, 11) is 0. The van der Waals surface area contributed by atoms with Gasteiger partial charge in [0.05, 0.1) is 5.69 Å². The van der Waals surface area contributed by atoms with Gasteiger partial charge >= 0.3 is 0 Å². The summed E-state index contributed by atoms with van der Waals surface area (Å²) in [6.07, 6.45) is 1.06. The Morgan fingerprint density at radius 1 is 1.17 bits per heavy atom. The molecule has 0 spiro atoms. The zero-order valence-corrected chi connectivity index (χ0v) is 14.8. The van der Waals surface area contributed by atoms with E-state index in [1.165, 1.54) is 22.5 Å². The Bertz CT molecular complexity index is 798. The number of nitrogen functional groups attached to an aromatic ring is 1. The van der Waals surface area contributed by atoms with E-state index in [2.05, 4.69) is 49.2 Å². The fourth-order valence-electron chi connectivity index (χ4n) is 2.60. The van der Waals surface area contributed by atoms with Crippen LogP contribution in [0.15, 0.2) is 53.9 Å². The summed E-state index contributed by atoms with van der Waals surface area (Å²) < 4.78 is 6.10. The lowest BCUT2D eigenvalue weighted by molar-refractivity contribution is 0.301. The van der Waals surface area contributed by atoms with Crippen molar-refractivity contribution in [2.24, 2.45) is 0 Å². The van der Waals surface area contributed by atoms with Crippen LogP contribution in [0.3, 0.4) is 0 Å². The van der Waals surface area contributed by atoms with E-state index in [4.69, 9.17) is 10.5 Å². The van der Waals surface area contributed by atoms with Crippen LogP contribution >= 0.6 is 11.3 Å². The molecule has 0 radical (unpaired) electrons. The van der Waals surface area contributed by atoms with E-state index in [9.17, 15) is 0 Å². The molecule has 0 aliphatic carbocycles. The van der Waals surface area contributed by atoms with Gasteiger partial charge in [-0.25, -0.2) is 4.98 Å². The van der Waals surface area contributed by atoms with Crippen molar-refractivity contribution in [1.82, 2.24) is 4.98 Å². The number of aromatic nitrogens is 1. The van der Waals surface area contributed by atoms with E-state index in [1.807, 2.05) is 23.6 Å². The third kappa shape index (κ3) is 3.77. The summed E-state index contributed by atoms with van der Waals surface area (Å²) >= 11 is 1.47. The summed E-state index contributed by atoms with van der Waals surface area (Å²) in [6.45, 7) is 5.00. The lowest BCUT2D eigenvalue weighted by atomic mass is 9.95. The number of hydrogen-bond acceptors (Lipinski definition) is 4. The lowest BCUT2D eigenvalue weighted by Crippen LogP contribution is -2.01. The number of rotatable bonds is 6. The van der Waals surface area contributed by atoms with Gasteiger partial charge in [0.15, 0.2) is 5.13 Å². The van der Waals surface area contributed by atoms with Gasteiger partial charge in [-0.3, -0.25) is 0 Å². The average Bonchev–Trinajstić information content (AvgIpc) is 3.06. The smallest absolute Gasteiger partial charge is 0.180 e. The maximum Gasteiger partial charge on any atom is 0.180 e. The molecule has 0 saturated heterocycles. The van der Waals surface area contributed by atoms with Crippen LogP contribution in [-0.2, 0) is 6.61 Å². The van der Waals surface area contributed by atoms with Crippen molar-refractivity contribution in [2.45, 2.75) is 32.8 Å². The number of benzene rings is 2. The number of anilines is 1. The van der Waals surface area contributed by atoms with Crippen LogP contribution in [0.5, 0.6) is 5.75 Å². The second-order valence-electron chi connectivity index (χ2n) is 5.91. The normalized spacial score (nSPS) is 12.1. The minimum Gasteiger partial charge on any atom is -0.489 e. The number of nitrogens with two attached hydrogens (primary N) is 1. The molecule has 3 aromatic rings. The first-order chi connectivity index (χ1) is 11.7. The van der Waals surface area contributed by atoms with E-state index in [-0.39, 0.29) is 0 Å². The minimum absolute atomic E-state index is 0.423. The molecule has 3 rings (SSSR count). The van der Waals surface area contributed by atoms with Crippen LogP contribution in [0, 0.1) is 0 Å². The highest BCUT2D eigenvalue weighted by molar-refractivity contribution is 7.13. The molecule has 1 aromatic heterocycles. The van der Waals surface area contributed by atoms with Crippen LogP contribution in [0.25, 0.3) is 11.3 Å². The monoisotopic (exact) mass is 338 g/mol. The first kappa shape index (κ1) is 16.5. The van der Waals surface area contributed by atoms with Crippen molar-refractivity contribution < 1.29 is 4.74 Å². The van der Waals surface area contributed by atoms with E-state index < -0.39 is 0 Å². The summed E-state index contributed by atoms with van der Waals surface area (Å²) in [5.41, 5.74) is 10.2. The second kappa shape index (κ2) is 7.49. The van der Waals surface area contributed by atoms with Crippen molar-refractivity contribution in [2.75, 3.05) is 5.73 Å². The molecule has 1 heterocycles. The number of nitrogens with zero attached hydrogens (tertiary/aromatic N) is 1. The highest BCUT2D eigenvalue weighted by Gasteiger charge is 2.13. The van der Waals surface area contributed by atoms with E-state index in [0.717, 1.165) is 23.4 Å². The zero-order valence-electron chi connectivity index (χ0n) is 14.0. The molecule has 0 aliphatic rings. The molecule has 1 atom stereocenters. The third-order valence-corrected chi connectivity index (χ3v) is 4.88. The molecule has 3 nitrogen and oxygen atoms in total. The van der Waals surface area contributed by atoms with Crippen molar-refractivity contribution in [3.8, 4) is 17.0 Å². The third-order valence-electron chi connectivity index (χ3n) is 4.21. The Kier molecular flexibility index (Phi) is 5.16. The first-order valence-electron chi connectivity index (χ1n) is 8.19. The van der Waals surface area contributed by atoms with Crippen LogP contribution < -0.4 is 10.5 Å². The van der Waals surface area contributed by atoms with Gasteiger partial charge in [0, 0.05) is 10.9 Å². The number of thiazole rings is 1. The molecule has 2 N–H and O–H groups in total. The Morgan fingerprint density at radius 3 is 2.62 bits per heavy atom. The Labute approximate surface area is 147 Å². The van der Waals surface area contributed by atoms with Crippen LogP contribution in [0.4, 0.5) is 5.13 Å². The maximum absolute atomic E-state index is 6.10. The number of hydrogen-bond donors (Lipinski definition) is 1. The number of ether oxygens (including phenoxy) is 1. The first-order valence-corrected chi connectivity index (χ1v) is 9.07. The summed E-state index contributed by atoms with van der Waals surface area (Å²) in [4.78, 5) is 4.39. The van der Waals surface area contributed by atoms with Crippen molar-refractivity contribution in [3.05, 3.63) is 65.0 Å². The molecular formula is C20H22N2OS. The topological polar surface area (TPSA) is 48.1 Å². The fraction of sp³-hybridized carbons (Fsp3) is 0.250. The summed E-state index contributed by atoms with van der Waals surface area (Å²) in [5, 5.41) is 2.59. The summed E-state index contributed by atoms with van der Waals surface area (Å²) in [6, 6.07) is 16.5. The van der Waals surface area contributed by atoms with Gasteiger partial charge in [-0.2, -0.15) is 0 Å². The van der Waals surface area contributed by atoms with Crippen LogP contribution in [0.2, 0.25) is 0 Å². The predicted octanol–water partition coefficient (Wildman–Crippen LogP) is 5.48. The average molecular weight is 338 g/mol. The van der Waals surface area contributed by atoms with Gasteiger partial charge in [-0.05, 0) is 41.7 Å². The quantitative estimate of drug-likeness (QED) is 0.647. The van der Waals surface area contributed by atoms with Crippen LogP contribution in [-0.4, -0.2) is 4.98 Å². The SMILES string of the molecule is CCC(C)c1cc(-c2csc(N)n2)ccc1OCc1ccccc1. The van der Waals surface area contributed by atoms with Gasteiger partial charge in [0.2, 0.25) is 0 Å². The molecule has 0 saturated carbocycles. The van der Waals surface area contributed by atoms with E-state index >= 15 is 0 Å². The summed E-state index contributed by atoms with van der Waals surface area (Å²) in [5.74, 6) is 1.37. The van der Waals surface area contributed by atoms with Crippen molar-refractivity contribution in [3.63, 3.8) is 0 Å². The van der Waals surface area contributed by atoms with E-state index in [0.29, 0.717) is 17.7 Å². The van der Waals surface area contributed by atoms with Gasteiger partial charge < -0.3 is 10.5 Å². The van der Waals surface area contributed by atoms with Gasteiger partial charge in [0.1, 0.15) is 12.4 Å². The zero-order chi connectivity index (χ0) is 16.9. The van der Waals surface area contributed by atoms with E-state index in [1.54, 1.807) is 0 Å². The second-order valence-corrected chi connectivity index (χ2v) is 6.80. The molecule has 0 amide bonds. The largest absolute Gasteiger partial charge is 0.489 e. The maximum atomic E-state index is 6.10. The molecule has 0 fully saturated rings. The molecule has 4 heteroatoms. The molecule has 24 heavy (non-hydrogen) atoms. The van der Waals surface area contributed by atoms with Gasteiger partial charge in [-0.1, -0.05) is 44.2 Å². The highest BCUT2D eigenvalue weighted by atomic mass is 32.1. The Hall–Kier alpha value is -2.33. The molecule has 0 bridgehead atoms. The van der Waals surface area contributed by atoms with Gasteiger partial charge in [-0.15, -0.1) is 11.3 Å². The molecular weight excluding hydrogens is 316 g/mol. The molecule has 0 aliphatic heterocycles. The van der Waals surface area contributed by atoms with Crippen molar-refractivity contribution >= 4 is 16.5 Å². The molecule has 1 unspecified atom stereocenters. The molecule has 2 aromatic carbocycles. The fourth-order valence-corrected chi connectivity index (χ4v) is 3.17. The molecule has 124 valence electrons. The highest BCUT2D eigenvalue weighted by Crippen LogP contribution is 2.34. The standard InChI is InChI=1S/C20H22N2OS/c1-3-14(2)17-11-16(18-13-24-20(21)22-18)9-10-19(17)23-12-15-7-5-4-6-8-15/h4-11,13-14H,3,12H2,1-2H3,(H2,21,22). The van der Waals surface area contributed by atoms with Crippen LogP contribution in [0.1, 0.15) is 37.3 Å². The Morgan fingerprint density at radius 2 is 1.96 bits per heavy atom. The lowest BCUT2D eigenvalue weighted by Gasteiger charge is -2.17. The minimum atomic E-state index is 0.423. The Balaban J connectivity index is 1.87. The van der Waals surface area contributed by atoms with Gasteiger partial charge in [0.25, 0.3) is 0 Å². The predicted molar refractivity (Wildman–Crippen MR) is 101 cm³/mol. The van der Waals surface area contributed by atoms with Crippen molar-refractivity contribution in [1.29, 1.82) is 0 Å².